The molecule has 1 aliphatic rings. The number of nitrogen functional groups attached to an aromatic ring is 1. The van der Waals surface area contributed by atoms with Gasteiger partial charge in [-0.05, 0) is 17.7 Å². The van der Waals surface area contributed by atoms with Crippen molar-refractivity contribution >= 4 is 40.8 Å². The van der Waals surface area contributed by atoms with Crippen LogP contribution in [0.5, 0.6) is 0 Å². The first-order chi connectivity index (χ1) is 13.4. The van der Waals surface area contributed by atoms with Gasteiger partial charge in [-0.15, -0.1) is 11.8 Å². The van der Waals surface area contributed by atoms with Crippen molar-refractivity contribution in [3.05, 3.63) is 68.3 Å². The van der Waals surface area contributed by atoms with E-state index < -0.39 is 5.56 Å². The Kier molecular flexibility index (Phi) is 6.61. The van der Waals surface area contributed by atoms with Crippen molar-refractivity contribution in [3.8, 4) is 0 Å². The van der Waals surface area contributed by atoms with Gasteiger partial charge in [-0.1, -0.05) is 47.4 Å². The Bertz CT molecular complexity index is 1010. The highest BCUT2D eigenvalue weighted by Gasteiger charge is 2.37. The van der Waals surface area contributed by atoms with Crippen molar-refractivity contribution in [2.75, 3.05) is 5.73 Å². The van der Waals surface area contributed by atoms with Crippen LogP contribution in [0, 0.1) is 0 Å². The predicted molar refractivity (Wildman–Crippen MR) is 108 cm³/mol. The number of aliphatic hydroxyl groups excluding tert-OH is 1. The summed E-state index contributed by atoms with van der Waals surface area (Å²) in [6.45, 7) is 1.98. The molecule has 1 aliphatic heterocycles. The highest BCUT2D eigenvalue weighted by molar-refractivity contribution is 8.07. The minimum absolute atomic E-state index is 0.0832. The number of benzene rings is 1. The summed E-state index contributed by atoms with van der Waals surface area (Å²) in [6.07, 6.45) is 1.96. The van der Waals surface area contributed by atoms with Crippen molar-refractivity contribution in [1.82, 2.24) is 19.7 Å². The average Bonchev–Trinajstić information content (AvgIpc) is 3.24. The number of aryl methyl sites for hydroxylation is 1. The maximum atomic E-state index is 11.7. The number of rotatable bonds is 4. The molecule has 2 aromatic heterocycles. The molecule has 0 radical (unpaired) electrons. The molecule has 3 N–H and O–H groups in total. The van der Waals surface area contributed by atoms with E-state index in [-0.39, 0.29) is 28.2 Å². The zero-order valence-corrected chi connectivity index (χ0v) is 17.1. The summed E-state index contributed by atoms with van der Waals surface area (Å²) in [7, 11) is 0. The molecule has 148 valence electrons. The first-order valence-electron chi connectivity index (χ1n) is 8.30. The largest absolute Gasteiger partial charge is 0.384 e. The summed E-state index contributed by atoms with van der Waals surface area (Å²) >= 11 is 12.9. The fraction of sp³-hybridized carbons (Fsp3) is 0.294. The van der Waals surface area contributed by atoms with Crippen LogP contribution in [0.25, 0.3) is 0 Å². The fourth-order valence-electron chi connectivity index (χ4n) is 2.27. The smallest absolute Gasteiger partial charge is 0.290 e. The van der Waals surface area contributed by atoms with Gasteiger partial charge in [-0.3, -0.25) is 9.36 Å². The number of anilines is 1. The zero-order chi connectivity index (χ0) is 20.3. The molecule has 28 heavy (non-hydrogen) atoms. The second-order valence-electron chi connectivity index (χ2n) is 5.82. The maximum Gasteiger partial charge on any atom is 0.290 e. The second kappa shape index (κ2) is 8.95. The van der Waals surface area contributed by atoms with Crippen LogP contribution < -0.4 is 11.3 Å². The number of aliphatic hydroxyl groups is 1. The van der Waals surface area contributed by atoms with Crippen LogP contribution in [-0.2, 0) is 13.0 Å². The highest BCUT2D eigenvalue weighted by atomic mass is 35.5. The van der Waals surface area contributed by atoms with E-state index in [1.165, 1.54) is 10.8 Å². The van der Waals surface area contributed by atoms with Gasteiger partial charge in [0.2, 0.25) is 5.89 Å². The Morgan fingerprint density at radius 2 is 2.00 bits per heavy atom. The van der Waals surface area contributed by atoms with Gasteiger partial charge in [-0.25, -0.2) is 4.98 Å². The topological polar surface area (TPSA) is 120 Å². The summed E-state index contributed by atoms with van der Waals surface area (Å²) in [5.41, 5.74) is 6.11. The third-order valence-corrected chi connectivity index (χ3v) is 5.40. The Labute approximate surface area is 174 Å². The van der Waals surface area contributed by atoms with E-state index >= 15 is 0 Å². The lowest BCUT2D eigenvalue weighted by Crippen LogP contribution is -2.24. The van der Waals surface area contributed by atoms with Crippen molar-refractivity contribution in [2.45, 2.75) is 30.6 Å². The number of aromatic nitrogens is 4. The number of nitrogens with two attached hydrogens (primary N) is 1. The fourth-order valence-corrected chi connectivity index (χ4v) is 3.23. The Morgan fingerprint density at radius 3 is 2.57 bits per heavy atom. The van der Waals surface area contributed by atoms with Gasteiger partial charge >= 0.3 is 0 Å². The van der Waals surface area contributed by atoms with Crippen LogP contribution in [-0.4, -0.2) is 30.2 Å². The van der Waals surface area contributed by atoms with E-state index in [0.29, 0.717) is 18.1 Å². The Morgan fingerprint density at radius 1 is 1.32 bits per heavy atom. The molecule has 0 bridgehead atoms. The molecular weight excluding hydrogens is 425 g/mol. The minimum Gasteiger partial charge on any atom is -0.384 e. The molecule has 2 atom stereocenters. The number of hydrogen-bond acceptors (Lipinski definition) is 8. The average molecular weight is 442 g/mol. The van der Waals surface area contributed by atoms with E-state index in [1.807, 2.05) is 31.2 Å². The van der Waals surface area contributed by atoms with Crippen LogP contribution in [0.2, 0.25) is 10.2 Å². The molecule has 2 unspecified atom stereocenters. The Hall–Kier alpha value is -2.07. The van der Waals surface area contributed by atoms with Crippen molar-refractivity contribution < 1.29 is 9.63 Å². The summed E-state index contributed by atoms with van der Waals surface area (Å²) in [5.74, 6) is 1.07. The minimum atomic E-state index is -0.483. The third-order valence-electron chi connectivity index (χ3n) is 3.83. The lowest BCUT2D eigenvalue weighted by atomic mass is 10.2. The SMILES string of the molecule is CCc1noc(Cn2c(N)cnc(Cl)c2=O)n1.OC1SC1c1ccc(Cl)cc1. The lowest BCUT2D eigenvalue weighted by Gasteiger charge is -2.05. The lowest BCUT2D eigenvalue weighted by molar-refractivity contribution is 0.293. The summed E-state index contributed by atoms with van der Waals surface area (Å²) < 4.78 is 6.19. The van der Waals surface area contributed by atoms with Crippen LogP contribution in [0.3, 0.4) is 0 Å². The molecule has 1 saturated heterocycles. The quantitative estimate of drug-likeness (QED) is 0.592. The van der Waals surface area contributed by atoms with Gasteiger partial charge in [0, 0.05) is 11.4 Å². The van der Waals surface area contributed by atoms with Crippen LogP contribution in [0.1, 0.15) is 29.5 Å². The normalized spacial score (nSPS) is 17.7. The van der Waals surface area contributed by atoms with Gasteiger partial charge in [-0.2, -0.15) is 4.98 Å². The van der Waals surface area contributed by atoms with Gasteiger partial charge < -0.3 is 15.4 Å². The number of halogens is 2. The molecule has 11 heteroatoms. The summed E-state index contributed by atoms with van der Waals surface area (Å²) in [6, 6.07) is 7.61. The molecule has 0 spiro atoms. The van der Waals surface area contributed by atoms with E-state index in [1.54, 1.807) is 11.8 Å². The number of thioether (sulfide) groups is 1. The molecular formula is C17H17Cl2N5O3S. The first kappa shape index (κ1) is 20.7. The number of nitrogens with zero attached hydrogens (tertiary/aromatic N) is 4. The van der Waals surface area contributed by atoms with E-state index in [9.17, 15) is 4.79 Å². The van der Waals surface area contributed by atoms with Crippen molar-refractivity contribution in [2.24, 2.45) is 0 Å². The van der Waals surface area contributed by atoms with Gasteiger partial charge in [0.05, 0.1) is 11.4 Å². The van der Waals surface area contributed by atoms with Gasteiger partial charge in [0.25, 0.3) is 5.56 Å². The monoisotopic (exact) mass is 441 g/mol. The molecule has 3 heterocycles. The zero-order valence-electron chi connectivity index (χ0n) is 14.7. The van der Waals surface area contributed by atoms with E-state index in [4.69, 9.17) is 38.6 Å². The molecule has 8 nitrogen and oxygen atoms in total. The summed E-state index contributed by atoms with van der Waals surface area (Å²) in [4.78, 5) is 19.4. The first-order valence-corrected chi connectivity index (χ1v) is 10.00. The maximum absolute atomic E-state index is 11.7. The third kappa shape index (κ3) is 5.05. The summed E-state index contributed by atoms with van der Waals surface area (Å²) in [5, 5.41) is 13.7. The van der Waals surface area contributed by atoms with E-state index in [0.717, 1.165) is 10.6 Å². The van der Waals surface area contributed by atoms with E-state index in [2.05, 4.69) is 15.1 Å². The van der Waals surface area contributed by atoms with Crippen molar-refractivity contribution in [1.29, 1.82) is 0 Å². The molecule has 4 rings (SSSR count). The molecule has 0 amide bonds. The van der Waals surface area contributed by atoms with Crippen LogP contribution in [0.15, 0.2) is 39.8 Å². The molecule has 0 saturated carbocycles. The molecule has 0 aliphatic carbocycles. The second-order valence-corrected chi connectivity index (χ2v) is 7.88. The highest BCUT2D eigenvalue weighted by Crippen LogP contribution is 2.53. The molecule has 3 aromatic rings. The number of hydrogen-bond donors (Lipinski definition) is 2. The molecule has 1 fully saturated rings. The predicted octanol–water partition coefficient (Wildman–Crippen LogP) is 2.92. The van der Waals surface area contributed by atoms with Crippen molar-refractivity contribution in [3.63, 3.8) is 0 Å². The molecule has 1 aromatic carbocycles. The van der Waals surface area contributed by atoms with Crippen LogP contribution >= 0.6 is 35.0 Å². The van der Waals surface area contributed by atoms with Gasteiger partial charge in [0.1, 0.15) is 17.8 Å². The Balaban J connectivity index is 0.000000176. The van der Waals surface area contributed by atoms with Gasteiger partial charge in [0.15, 0.2) is 11.0 Å². The standard InChI is InChI=1S/C9H10ClN5O2.C8H7ClOS/c1-2-6-13-7(17-14-6)4-15-5(11)3-12-8(10)9(15)16;9-6-3-1-5(2-4-6)7-8(10)11-7/h3H,2,4,11H2,1H3;1-4,7-8,10H. The van der Waals surface area contributed by atoms with Crippen LogP contribution in [0.4, 0.5) is 5.82 Å².